The van der Waals surface area contributed by atoms with Gasteiger partial charge in [0.15, 0.2) is 11.5 Å². The molecule has 0 spiro atoms. The van der Waals surface area contributed by atoms with Gasteiger partial charge in [-0.2, -0.15) is 0 Å². The van der Waals surface area contributed by atoms with Crippen molar-refractivity contribution in [3.63, 3.8) is 0 Å². The van der Waals surface area contributed by atoms with Gasteiger partial charge in [-0.3, -0.25) is 4.79 Å². The monoisotopic (exact) mass is 407 g/mol. The Morgan fingerprint density at radius 2 is 1.73 bits per heavy atom. The van der Waals surface area contributed by atoms with Crippen LogP contribution in [0.2, 0.25) is 0 Å². The molecule has 2 fully saturated rings. The standard InChI is InChI=1S/C23H25N3O4/c27-22(16-2-1-3-18(12-16)25-23(28)24-17-7-8-17)26-21(14-4-5-14)15-6-9-19-20(13-15)30-11-10-29-19/h1-3,6,9,12-14,17,21H,4-5,7-8,10-11H2,(H,26,27)(H2,24,25,28). The van der Waals surface area contributed by atoms with E-state index in [2.05, 4.69) is 16.0 Å². The van der Waals surface area contributed by atoms with Crippen LogP contribution in [0.25, 0.3) is 0 Å². The molecule has 2 aromatic carbocycles. The third-order valence-corrected chi connectivity index (χ3v) is 5.60. The number of benzene rings is 2. The van der Waals surface area contributed by atoms with Crippen LogP contribution in [-0.2, 0) is 0 Å². The molecule has 1 aliphatic heterocycles. The number of amides is 3. The van der Waals surface area contributed by atoms with E-state index in [1.165, 1.54) is 0 Å². The molecule has 0 saturated heterocycles. The van der Waals surface area contributed by atoms with Crippen LogP contribution < -0.4 is 25.4 Å². The lowest BCUT2D eigenvalue weighted by Gasteiger charge is -2.23. The SMILES string of the molecule is O=C(Nc1cccc(C(=O)NC(c2ccc3c(c2)OCCO3)C2CC2)c1)NC1CC1. The van der Waals surface area contributed by atoms with E-state index >= 15 is 0 Å². The molecule has 30 heavy (non-hydrogen) atoms. The van der Waals surface area contributed by atoms with Crippen LogP contribution in [0, 0.1) is 5.92 Å². The van der Waals surface area contributed by atoms with Gasteiger partial charge in [0, 0.05) is 17.3 Å². The number of hydrogen-bond acceptors (Lipinski definition) is 4. The van der Waals surface area contributed by atoms with Crippen molar-refractivity contribution >= 4 is 17.6 Å². The summed E-state index contributed by atoms with van der Waals surface area (Å²) in [5.74, 6) is 1.73. The van der Waals surface area contributed by atoms with Gasteiger partial charge >= 0.3 is 6.03 Å². The number of carbonyl (C=O) groups excluding carboxylic acids is 2. The minimum Gasteiger partial charge on any atom is -0.486 e. The van der Waals surface area contributed by atoms with E-state index in [1.807, 2.05) is 18.2 Å². The first-order valence-electron chi connectivity index (χ1n) is 10.5. The Morgan fingerprint density at radius 1 is 0.933 bits per heavy atom. The Balaban J connectivity index is 1.29. The molecule has 156 valence electrons. The maximum atomic E-state index is 13.0. The Kier molecular flexibility index (Phi) is 4.94. The van der Waals surface area contributed by atoms with Crippen LogP contribution in [0.5, 0.6) is 11.5 Å². The third-order valence-electron chi connectivity index (χ3n) is 5.60. The van der Waals surface area contributed by atoms with Crippen LogP contribution in [0.1, 0.15) is 47.6 Å². The molecule has 7 heteroatoms. The number of rotatable bonds is 6. The lowest BCUT2D eigenvalue weighted by molar-refractivity contribution is 0.0931. The van der Waals surface area contributed by atoms with Gasteiger partial charge < -0.3 is 25.4 Å². The minimum absolute atomic E-state index is 0.0805. The number of urea groups is 1. The van der Waals surface area contributed by atoms with E-state index in [1.54, 1.807) is 24.3 Å². The highest BCUT2D eigenvalue weighted by Crippen LogP contribution is 2.43. The topological polar surface area (TPSA) is 88.7 Å². The van der Waals surface area contributed by atoms with E-state index < -0.39 is 0 Å². The molecular weight excluding hydrogens is 382 g/mol. The molecular formula is C23H25N3O4. The molecule has 1 heterocycles. The number of carbonyl (C=O) groups is 2. The van der Waals surface area contributed by atoms with Gasteiger partial charge in [0.2, 0.25) is 0 Å². The van der Waals surface area contributed by atoms with Crippen molar-refractivity contribution in [2.75, 3.05) is 18.5 Å². The van der Waals surface area contributed by atoms with Gasteiger partial charge in [0.1, 0.15) is 13.2 Å². The number of fused-ring (bicyclic) bond motifs is 1. The molecule has 5 rings (SSSR count). The van der Waals surface area contributed by atoms with E-state index in [0.29, 0.717) is 30.4 Å². The van der Waals surface area contributed by atoms with Crippen LogP contribution in [0.4, 0.5) is 10.5 Å². The van der Waals surface area contributed by atoms with Crippen molar-refractivity contribution in [3.8, 4) is 11.5 Å². The molecule has 3 amide bonds. The smallest absolute Gasteiger partial charge is 0.319 e. The molecule has 0 radical (unpaired) electrons. The summed E-state index contributed by atoms with van der Waals surface area (Å²) in [6.45, 7) is 1.09. The number of nitrogens with one attached hydrogen (secondary N) is 3. The van der Waals surface area contributed by atoms with Gasteiger partial charge in [-0.25, -0.2) is 4.79 Å². The molecule has 0 aromatic heterocycles. The van der Waals surface area contributed by atoms with Gasteiger partial charge in [-0.15, -0.1) is 0 Å². The average molecular weight is 407 g/mol. The van der Waals surface area contributed by atoms with Crippen LogP contribution in [0.3, 0.4) is 0 Å². The Labute approximate surface area is 175 Å². The summed E-state index contributed by atoms with van der Waals surface area (Å²) in [6.07, 6.45) is 4.22. The fourth-order valence-electron chi connectivity index (χ4n) is 3.70. The quantitative estimate of drug-likeness (QED) is 0.682. The maximum absolute atomic E-state index is 13.0. The van der Waals surface area contributed by atoms with Gasteiger partial charge in [0.05, 0.1) is 6.04 Å². The van der Waals surface area contributed by atoms with Crippen molar-refractivity contribution in [2.24, 2.45) is 5.92 Å². The average Bonchev–Trinajstić information content (AvgIpc) is 3.67. The van der Waals surface area contributed by atoms with E-state index in [-0.39, 0.29) is 24.0 Å². The first kappa shape index (κ1) is 18.8. The van der Waals surface area contributed by atoms with Crippen LogP contribution >= 0.6 is 0 Å². The molecule has 3 N–H and O–H groups in total. The van der Waals surface area contributed by atoms with Crippen molar-refractivity contribution < 1.29 is 19.1 Å². The highest BCUT2D eigenvalue weighted by molar-refractivity contribution is 5.97. The second-order valence-electron chi connectivity index (χ2n) is 8.15. The summed E-state index contributed by atoms with van der Waals surface area (Å²) >= 11 is 0. The summed E-state index contributed by atoms with van der Waals surface area (Å²) in [5.41, 5.74) is 2.14. The highest BCUT2D eigenvalue weighted by atomic mass is 16.6. The zero-order chi connectivity index (χ0) is 20.5. The number of ether oxygens (including phenoxy) is 2. The molecule has 0 bridgehead atoms. The Hall–Kier alpha value is -3.22. The fraction of sp³-hybridized carbons (Fsp3) is 0.391. The Morgan fingerprint density at radius 3 is 2.50 bits per heavy atom. The molecule has 3 aliphatic rings. The van der Waals surface area contributed by atoms with Gasteiger partial charge in [-0.1, -0.05) is 12.1 Å². The first-order valence-corrected chi connectivity index (χ1v) is 10.5. The van der Waals surface area contributed by atoms with Crippen molar-refractivity contribution in [2.45, 2.75) is 37.8 Å². The summed E-state index contributed by atoms with van der Waals surface area (Å²) in [4.78, 5) is 25.0. The molecule has 1 unspecified atom stereocenters. The fourth-order valence-corrected chi connectivity index (χ4v) is 3.70. The van der Waals surface area contributed by atoms with E-state index in [0.717, 1.165) is 42.7 Å². The molecule has 2 aliphatic carbocycles. The lowest BCUT2D eigenvalue weighted by atomic mass is 10.0. The minimum atomic E-state index is -0.234. The molecule has 2 aromatic rings. The number of hydrogen-bond donors (Lipinski definition) is 3. The normalized spacial score (nSPS) is 18.3. The van der Waals surface area contributed by atoms with E-state index in [4.69, 9.17) is 9.47 Å². The van der Waals surface area contributed by atoms with Crippen LogP contribution in [-0.4, -0.2) is 31.2 Å². The predicted molar refractivity (Wildman–Crippen MR) is 112 cm³/mol. The van der Waals surface area contributed by atoms with E-state index in [9.17, 15) is 9.59 Å². The second kappa shape index (κ2) is 7.89. The largest absolute Gasteiger partial charge is 0.486 e. The summed E-state index contributed by atoms with van der Waals surface area (Å²) in [7, 11) is 0. The maximum Gasteiger partial charge on any atom is 0.319 e. The van der Waals surface area contributed by atoms with Gasteiger partial charge in [-0.05, 0) is 67.5 Å². The van der Waals surface area contributed by atoms with Crippen LogP contribution in [0.15, 0.2) is 42.5 Å². The van der Waals surface area contributed by atoms with Crippen molar-refractivity contribution in [3.05, 3.63) is 53.6 Å². The summed E-state index contributed by atoms with van der Waals surface area (Å²) in [5, 5.41) is 8.86. The zero-order valence-corrected chi connectivity index (χ0v) is 16.6. The van der Waals surface area contributed by atoms with Crippen molar-refractivity contribution in [1.82, 2.24) is 10.6 Å². The zero-order valence-electron chi connectivity index (χ0n) is 16.6. The summed E-state index contributed by atoms with van der Waals surface area (Å²) < 4.78 is 11.3. The lowest BCUT2D eigenvalue weighted by Crippen LogP contribution is -2.31. The molecule has 1 atom stereocenters. The second-order valence-corrected chi connectivity index (χ2v) is 8.15. The number of anilines is 1. The molecule has 2 saturated carbocycles. The van der Waals surface area contributed by atoms with Crippen molar-refractivity contribution in [1.29, 1.82) is 0 Å². The van der Waals surface area contributed by atoms with Gasteiger partial charge in [0.25, 0.3) is 5.91 Å². The Bertz CT molecular complexity index is 969. The first-order chi connectivity index (χ1) is 14.7. The predicted octanol–water partition coefficient (Wildman–Crippen LogP) is 3.62. The molecule has 7 nitrogen and oxygen atoms in total. The third kappa shape index (κ3) is 4.35. The summed E-state index contributed by atoms with van der Waals surface area (Å²) in [6, 6.07) is 12.9. The highest BCUT2D eigenvalue weighted by Gasteiger charge is 2.34.